The molecule has 3 aromatic rings. The normalized spacial score (nSPS) is 11.6. The number of rotatable bonds is 7. The molecule has 0 fully saturated rings. The number of carbonyl (C=O) groups excluding carboxylic acids is 1. The summed E-state index contributed by atoms with van der Waals surface area (Å²) in [6.45, 7) is 1.85. The van der Waals surface area contributed by atoms with Crippen LogP contribution in [0.4, 0.5) is 16.5 Å². The van der Waals surface area contributed by atoms with E-state index >= 15 is 0 Å². The lowest BCUT2D eigenvalue weighted by molar-refractivity contribution is -0.115. The summed E-state index contributed by atoms with van der Waals surface area (Å²) < 4.78 is 5.93. The molecule has 0 spiro atoms. The third-order valence-electron chi connectivity index (χ3n) is 3.42. The fourth-order valence-corrected chi connectivity index (χ4v) is 4.02. The van der Waals surface area contributed by atoms with Gasteiger partial charge in [-0.1, -0.05) is 47.4 Å². The van der Waals surface area contributed by atoms with Gasteiger partial charge in [0.05, 0.1) is 12.4 Å². The number of hydrogen-bond donors (Lipinski definition) is 2. The first kappa shape index (κ1) is 18.2. The lowest BCUT2D eigenvalue weighted by atomic mass is 10.3. The highest BCUT2D eigenvalue weighted by molar-refractivity contribution is 8.02. The molecule has 2 N–H and O–H groups in total. The molecule has 1 atom stereocenters. The number of nitrogens with one attached hydrogen (secondary N) is 2. The Kier molecular flexibility index (Phi) is 6.08. The minimum absolute atomic E-state index is 0.0706. The lowest BCUT2D eigenvalue weighted by Crippen LogP contribution is -2.22. The van der Waals surface area contributed by atoms with Crippen molar-refractivity contribution < 1.29 is 9.53 Å². The fourth-order valence-electron chi connectivity index (χ4n) is 2.10. The minimum atomic E-state index is -0.284. The molecule has 6 nitrogen and oxygen atoms in total. The van der Waals surface area contributed by atoms with E-state index in [0.29, 0.717) is 5.13 Å². The quantitative estimate of drug-likeness (QED) is 0.586. The number of anilines is 3. The molecule has 0 saturated heterocycles. The number of hydrogen-bond acceptors (Lipinski definition) is 7. The predicted octanol–water partition coefficient (Wildman–Crippen LogP) is 4.41. The molecule has 1 amide bonds. The van der Waals surface area contributed by atoms with Gasteiger partial charge in [0.1, 0.15) is 5.75 Å². The standard InChI is InChI=1S/C18H18N4O2S2/c1-12(16(23)19-13-7-4-3-5-8-13)25-18-22-21-17(26-18)20-14-9-6-10-15(11-14)24-2/h3-12H,1-2H3,(H,19,23)(H,20,21)/t12-/m1/s1. The first-order chi connectivity index (χ1) is 12.6. The zero-order valence-corrected chi connectivity index (χ0v) is 15.9. The van der Waals surface area contributed by atoms with E-state index in [-0.39, 0.29) is 11.2 Å². The average Bonchev–Trinajstić information content (AvgIpc) is 3.09. The number of nitrogens with zero attached hydrogens (tertiary/aromatic N) is 2. The number of benzene rings is 2. The van der Waals surface area contributed by atoms with Crippen molar-refractivity contribution in [3.63, 3.8) is 0 Å². The fraction of sp³-hybridized carbons (Fsp3) is 0.167. The minimum Gasteiger partial charge on any atom is -0.497 e. The maximum Gasteiger partial charge on any atom is 0.237 e. The van der Waals surface area contributed by atoms with Gasteiger partial charge in [0, 0.05) is 17.4 Å². The molecule has 3 rings (SSSR count). The maximum atomic E-state index is 12.3. The van der Waals surface area contributed by atoms with Crippen LogP contribution in [0.25, 0.3) is 0 Å². The van der Waals surface area contributed by atoms with Gasteiger partial charge < -0.3 is 15.4 Å². The van der Waals surface area contributed by atoms with Gasteiger partial charge in [-0.05, 0) is 31.2 Å². The summed E-state index contributed by atoms with van der Waals surface area (Å²) in [6, 6.07) is 17.0. The van der Waals surface area contributed by atoms with Crippen molar-refractivity contribution in [1.29, 1.82) is 0 Å². The van der Waals surface area contributed by atoms with Gasteiger partial charge in [-0.3, -0.25) is 4.79 Å². The molecule has 0 aliphatic carbocycles. The first-order valence-corrected chi connectivity index (χ1v) is 9.61. The second kappa shape index (κ2) is 8.68. The maximum absolute atomic E-state index is 12.3. The molecular weight excluding hydrogens is 368 g/mol. The summed E-state index contributed by atoms with van der Waals surface area (Å²) in [5.41, 5.74) is 1.65. The third kappa shape index (κ3) is 4.96. The van der Waals surface area contributed by atoms with Crippen LogP contribution in [0.5, 0.6) is 5.75 Å². The summed E-state index contributed by atoms with van der Waals surface area (Å²) in [4.78, 5) is 12.3. The van der Waals surface area contributed by atoms with Crippen LogP contribution >= 0.6 is 23.1 Å². The summed E-state index contributed by atoms with van der Waals surface area (Å²) in [5.74, 6) is 0.694. The smallest absolute Gasteiger partial charge is 0.237 e. The molecule has 0 radical (unpaired) electrons. The van der Waals surface area contributed by atoms with Gasteiger partial charge in [0.2, 0.25) is 11.0 Å². The van der Waals surface area contributed by atoms with Gasteiger partial charge >= 0.3 is 0 Å². The van der Waals surface area contributed by atoms with Crippen LogP contribution in [0.1, 0.15) is 6.92 Å². The predicted molar refractivity (Wildman–Crippen MR) is 107 cm³/mol. The number of thioether (sulfide) groups is 1. The van der Waals surface area contributed by atoms with E-state index in [1.165, 1.54) is 23.1 Å². The van der Waals surface area contributed by atoms with E-state index in [4.69, 9.17) is 4.74 Å². The largest absolute Gasteiger partial charge is 0.497 e. The Balaban J connectivity index is 1.58. The van der Waals surface area contributed by atoms with Gasteiger partial charge in [-0.2, -0.15) is 0 Å². The van der Waals surface area contributed by atoms with Gasteiger partial charge in [-0.25, -0.2) is 0 Å². The van der Waals surface area contributed by atoms with Crippen LogP contribution in [-0.2, 0) is 4.79 Å². The van der Waals surface area contributed by atoms with E-state index < -0.39 is 0 Å². The van der Waals surface area contributed by atoms with E-state index in [9.17, 15) is 4.79 Å². The Morgan fingerprint density at radius 2 is 1.88 bits per heavy atom. The molecule has 0 bridgehead atoms. The summed E-state index contributed by atoms with van der Waals surface area (Å²) in [7, 11) is 1.63. The Morgan fingerprint density at radius 3 is 2.65 bits per heavy atom. The Hall–Kier alpha value is -2.58. The summed E-state index contributed by atoms with van der Waals surface area (Å²) in [5, 5.41) is 14.7. The molecule has 2 aromatic carbocycles. The zero-order valence-electron chi connectivity index (χ0n) is 14.3. The zero-order chi connectivity index (χ0) is 18.4. The molecule has 8 heteroatoms. The summed E-state index contributed by atoms with van der Waals surface area (Å²) >= 11 is 2.78. The molecule has 0 saturated carbocycles. The Labute approximate surface area is 160 Å². The third-order valence-corrected chi connectivity index (χ3v) is 5.44. The van der Waals surface area contributed by atoms with Gasteiger partial charge in [-0.15, -0.1) is 10.2 Å². The molecular formula is C18H18N4O2S2. The second-order valence-corrected chi connectivity index (χ2v) is 7.91. The van der Waals surface area contributed by atoms with Crippen molar-refractivity contribution in [2.24, 2.45) is 0 Å². The highest BCUT2D eigenvalue weighted by Crippen LogP contribution is 2.31. The number of ether oxygens (including phenoxy) is 1. The summed E-state index contributed by atoms with van der Waals surface area (Å²) in [6.07, 6.45) is 0. The van der Waals surface area contributed by atoms with Crippen molar-refractivity contribution in [3.8, 4) is 5.75 Å². The van der Waals surface area contributed by atoms with Gasteiger partial charge in [0.15, 0.2) is 4.34 Å². The molecule has 134 valence electrons. The van der Waals surface area contributed by atoms with Crippen LogP contribution in [-0.4, -0.2) is 28.5 Å². The van der Waals surface area contributed by atoms with Crippen LogP contribution in [0, 0.1) is 0 Å². The Bertz CT molecular complexity index is 870. The topological polar surface area (TPSA) is 76.1 Å². The Morgan fingerprint density at radius 1 is 1.12 bits per heavy atom. The SMILES string of the molecule is COc1cccc(Nc2nnc(S[C@H](C)C(=O)Nc3ccccc3)s2)c1. The van der Waals surface area contributed by atoms with Gasteiger partial charge in [0.25, 0.3) is 0 Å². The van der Waals surface area contributed by atoms with Crippen LogP contribution in [0.15, 0.2) is 58.9 Å². The highest BCUT2D eigenvalue weighted by atomic mass is 32.2. The number of carbonyl (C=O) groups is 1. The van der Waals surface area contributed by atoms with Crippen molar-refractivity contribution in [3.05, 3.63) is 54.6 Å². The molecule has 0 aliphatic rings. The first-order valence-electron chi connectivity index (χ1n) is 7.91. The molecule has 1 heterocycles. The second-order valence-electron chi connectivity index (χ2n) is 5.35. The molecule has 26 heavy (non-hydrogen) atoms. The number of methoxy groups -OCH3 is 1. The van der Waals surface area contributed by atoms with Crippen LogP contribution in [0.3, 0.4) is 0 Å². The van der Waals surface area contributed by atoms with E-state index in [2.05, 4.69) is 20.8 Å². The van der Waals surface area contributed by atoms with E-state index in [1.807, 2.05) is 61.5 Å². The average molecular weight is 387 g/mol. The van der Waals surface area contributed by atoms with Crippen LogP contribution in [0.2, 0.25) is 0 Å². The van der Waals surface area contributed by atoms with E-state index in [0.717, 1.165) is 21.5 Å². The number of aromatic nitrogens is 2. The molecule has 0 unspecified atom stereocenters. The van der Waals surface area contributed by atoms with Crippen molar-refractivity contribution >= 4 is 45.5 Å². The van der Waals surface area contributed by atoms with E-state index in [1.54, 1.807) is 7.11 Å². The lowest BCUT2D eigenvalue weighted by Gasteiger charge is -2.09. The monoisotopic (exact) mass is 386 g/mol. The number of para-hydroxylation sites is 1. The van der Waals surface area contributed by atoms with Crippen LogP contribution < -0.4 is 15.4 Å². The number of amides is 1. The molecule has 1 aromatic heterocycles. The molecule has 0 aliphatic heterocycles. The van der Waals surface area contributed by atoms with Crippen molar-refractivity contribution in [2.45, 2.75) is 16.5 Å². The van der Waals surface area contributed by atoms with Crippen molar-refractivity contribution in [2.75, 3.05) is 17.7 Å². The highest BCUT2D eigenvalue weighted by Gasteiger charge is 2.17. The van der Waals surface area contributed by atoms with Crippen molar-refractivity contribution in [1.82, 2.24) is 10.2 Å².